The molecule has 2 aromatic rings. The zero-order valence-electron chi connectivity index (χ0n) is 8.14. The predicted molar refractivity (Wildman–Crippen MR) is 65.6 cm³/mol. The van der Waals surface area contributed by atoms with Crippen LogP contribution in [-0.2, 0) is 6.42 Å². The Morgan fingerprint density at radius 2 is 1.20 bits per heavy atom. The predicted octanol–water partition coefficient (Wildman–Crippen LogP) is 3.36. The summed E-state index contributed by atoms with van der Waals surface area (Å²) in [5.74, 6) is 0. The molecule has 1 aliphatic rings. The monoisotopic (exact) mass is 278 g/mol. The third kappa shape index (κ3) is 1.98. The summed E-state index contributed by atoms with van der Waals surface area (Å²) in [5, 5.41) is 0. The average molecular weight is 277 g/mol. The van der Waals surface area contributed by atoms with Gasteiger partial charge in [0.2, 0.25) is 0 Å². The van der Waals surface area contributed by atoms with Gasteiger partial charge in [-0.25, -0.2) is 0 Å². The molecule has 0 atom stereocenters. The topological polar surface area (TPSA) is 0 Å². The van der Waals surface area contributed by atoms with E-state index in [1.165, 1.54) is 20.9 Å². The van der Waals surface area contributed by atoms with Gasteiger partial charge in [-0.1, -0.05) is 48.2 Å². The quantitative estimate of drug-likeness (QED) is 0.568. The van der Waals surface area contributed by atoms with Gasteiger partial charge >= 0.3 is 0 Å². The molecule has 0 unspecified atom stereocenters. The molecular formula is C13H10SSe. The van der Waals surface area contributed by atoms with E-state index in [4.69, 9.17) is 0 Å². The van der Waals surface area contributed by atoms with Crippen molar-refractivity contribution >= 4 is 28.8 Å². The first-order chi connectivity index (χ1) is 6.93. The molecule has 2 radical (unpaired) electrons. The molecule has 74 valence electrons. The molecule has 0 bridgehead atoms. The Bertz CT molecular complexity index is 392. The van der Waals surface area contributed by atoms with Crippen molar-refractivity contribution in [3.05, 3.63) is 59.7 Å². The normalized spacial score (nSPS) is 12.3. The Kier molecular flexibility index (Phi) is 3.20. The first-order valence-electron chi connectivity index (χ1n) is 4.77. The van der Waals surface area contributed by atoms with Gasteiger partial charge < -0.3 is 0 Å². The molecule has 15 heavy (non-hydrogen) atoms. The maximum Gasteiger partial charge on any atom is 0.0157 e. The molecule has 0 saturated carbocycles. The summed E-state index contributed by atoms with van der Waals surface area (Å²) in [6.45, 7) is 0. The fourth-order valence-corrected chi connectivity index (χ4v) is 2.90. The van der Waals surface area contributed by atoms with Gasteiger partial charge in [-0.3, -0.25) is 0 Å². The van der Waals surface area contributed by atoms with Crippen molar-refractivity contribution < 1.29 is 0 Å². The molecule has 0 amide bonds. The maximum absolute atomic E-state index is 2.22. The van der Waals surface area contributed by atoms with Gasteiger partial charge in [0.25, 0.3) is 0 Å². The maximum atomic E-state index is 2.22. The Morgan fingerprint density at radius 1 is 0.733 bits per heavy atom. The van der Waals surface area contributed by atoms with Gasteiger partial charge in [0, 0.05) is 26.9 Å². The number of hydrogen-bond acceptors (Lipinski definition) is 1. The standard InChI is InChI=1S/C13H10S.Se/c1-3-7-12-10(5-1)9-11-6-2-4-8-13(11)14-12;/h1-8H,9H2;. The Morgan fingerprint density at radius 3 is 1.73 bits per heavy atom. The first kappa shape index (κ1) is 10.8. The van der Waals surface area contributed by atoms with Crippen molar-refractivity contribution in [3.8, 4) is 0 Å². The fourth-order valence-electron chi connectivity index (χ4n) is 1.82. The van der Waals surface area contributed by atoms with E-state index in [9.17, 15) is 0 Å². The van der Waals surface area contributed by atoms with Crippen LogP contribution in [0, 0.1) is 0 Å². The number of rotatable bonds is 0. The molecule has 2 aromatic carbocycles. The first-order valence-corrected chi connectivity index (χ1v) is 5.59. The van der Waals surface area contributed by atoms with Gasteiger partial charge in [-0.05, 0) is 29.7 Å². The summed E-state index contributed by atoms with van der Waals surface area (Å²) < 4.78 is 0. The fraction of sp³-hybridized carbons (Fsp3) is 0.0769. The molecule has 0 N–H and O–H groups in total. The minimum Gasteiger partial charge on any atom is -0.0895 e. The van der Waals surface area contributed by atoms with Crippen LogP contribution in [0.3, 0.4) is 0 Å². The van der Waals surface area contributed by atoms with E-state index in [1.54, 1.807) is 0 Å². The minimum atomic E-state index is 0. The molecule has 1 aliphatic heterocycles. The molecule has 1 heterocycles. The molecule has 0 aliphatic carbocycles. The molecule has 0 aromatic heterocycles. The van der Waals surface area contributed by atoms with E-state index in [-0.39, 0.29) is 17.1 Å². The van der Waals surface area contributed by atoms with E-state index in [0.717, 1.165) is 6.42 Å². The van der Waals surface area contributed by atoms with Crippen molar-refractivity contribution in [2.24, 2.45) is 0 Å². The zero-order chi connectivity index (χ0) is 9.38. The smallest absolute Gasteiger partial charge is 0.0157 e. The van der Waals surface area contributed by atoms with Gasteiger partial charge in [0.15, 0.2) is 0 Å². The Balaban J connectivity index is 0.000000853. The third-order valence-corrected chi connectivity index (χ3v) is 3.78. The second-order valence-corrected chi connectivity index (χ2v) is 4.58. The van der Waals surface area contributed by atoms with Crippen molar-refractivity contribution in [2.75, 3.05) is 0 Å². The molecule has 3 rings (SSSR count). The second-order valence-electron chi connectivity index (χ2n) is 3.49. The molecule has 2 heteroatoms. The summed E-state index contributed by atoms with van der Waals surface area (Å²) in [7, 11) is 0. The van der Waals surface area contributed by atoms with Crippen LogP contribution in [0.5, 0.6) is 0 Å². The number of fused-ring (bicyclic) bond motifs is 2. The van der Waals surface area contributed by atoms with Crippen molar-refractivity contribution in [2.45, 2.75) is 16.2 Å². The van der Waals surface area contributed by atoms with Crippen LogP contribution >= 0.6 is 11.8 Å². The average Bonchev–Trinajstić information content (AvgIpc) is 2.26. The van der Waals surface area contributed by atoms with E-state index in [2.05, 4.69) is 48.5 Å². The van der Waals surface area contributed by atoms with Crippen molar-refractivity contribution in [1.82, 2.24) is 0 Å². The van der Waals surface area contributed by atoms with E-state index in [1.807, 2.05) is 11.8 Å². The Labute approximate surface area is 105 Å². The Hall–Kier alpha value is -0.691. The molecule has 0 fully saturated rings. The van der Waals surface area contributed by atoms with E-state index in [0.29, 0.717) is 0 Å². The number of hydrogen-bond donors (Lipinski definition) is 0. The van der Waals surface area contributed by atoms with Gasteiger partial charge in [-0.2, -0.15) is 0 Å². The minimum absolute atomic E-state index is 0. The molecular weight excluding hydrogens is 267 g/mol. The second kappa shape index (κ2) is 4.44. The van der Waals surface area contributed by atoms with Gasteiger partial charge in [0.1, 0.15) is 0 Å². The summed E-state index contributed by atoms with van der Waals surface area (Å²) in [5.41, 5.74) is 2.91. The van der Waals surface area contributed by atoms with Crippen molar-refractivity contribution in [3.63, 3.8) is 0 Å². The number of benzene rings is 2. The summed E-state index contributed by atoms with van der Waals surface area (Å²) in [4.78, 5) is 2.82. The van der Waals surface area contributed by atoms with E-state index < -0.39 is 0 Å². The molecule has 0 spiro atoms. The summed E-state index contributed by atoms with van der Waals surface area (Å²) in [6.07, 6.45) is 1.08. The SMILES string of the molecule is [Se].c1ccc2c(c1)Cc1ccccc1S2. The molecule has 0 nitrogen and oxygen atoms in total. The van der Waals surface area contributed by atoms with E-state index >= 15 is 0 Å². The third-order valence-electron chi connectivity index (χ3n) is 2.55. The van der Waals surface area contributed by atoms with Crippen LogP contribution in [0.25, 0.3) is 0 Å². The van der Waals surface area contributed by atoms with Crippen LogP contribution < -0.4 is 0 Å². The van der Waals surface area contributed by atoms with Crippen LogP contribution in [0.4, 0.5) is 0 Å². The van der Waals surface area contributed by atoms with Crippen LogP contribution in [0.2, 0.25) is 0 Å². The van der Waals surface area contributed by atoms with Crippen LogP contribution in [0.15, 0.2) is 58.3 Å². The van der Waals surface area contributed by atoms with Crippen molar-refractivity contribution in [1.29, 1.82) is 0 Å². The van der Waals surface area contributed by atoms with Gasteiger partial charge in [-0.15, -0.1) is 0 Å². The van der Waals surface area contributed by atoms with Gasteiger partial charge in [0.05, 0.1) is 0 Å². The zero-order valence-corrected chi connectivity index (χ0v) is 10.7. The molecule has 0 saturated heterocycles. The summed E-state index contributed by atoms with van der Waals surface area (Å²) >= 11 is 1.88. The van der Waals surface area contributed by atoms with Crippen LogP contribution in [0.1, 0.15) is 11.1 Å². The largest absolute Gasteiger partial charge is 0.0895 e. The van der Waals surface area contributed by atoms with Crippen LogP contribution in [-0.4, -0.2) is 17.1 Å². The summed E-state index contributed by atoms with van der Waals surface area (Å²) in [6, 6.07) is 17.3.